The normalized spacial score (nSPS) is 10.9. The molecule has 124 valence electrons. The SMILES string of the molecule is CC(C)(NC(=O)c1ccccc1C(=O)O)c1ccc(C(=O)O)cc1. The summed E-state index contributed by atoms with van der Waals surface area (Å²) in [6.07, 6.45) is 0. The largest absolute Gasteiger partial charge is 0.478 e. The van der Waals surface area contributed by atoms with E-state index in [0.29, 0.717) is 5.56 Å². The van der Waals surface area contributed by atoms with Crippen LogP contribution < -0.4 is 5.32 Å². The van der Waals surface area contributed by atoms with Crippen molar-refractivity contribution in [1.82, 2.24) is 5.32 Å². The van der Waals surface area contributed by atoms with Crippen LogP contribution >= 0.6 is 0 Å². The van der Waals surface area contributed by atoms with Gasteiger partial charge in [-0.05, 0) is 43.7 Å². The summed E-state index contributed by atoms with van der Waals surface area (Å²) >= 11 is 0. The number of aromatic carboxylic acids is 2. The lowest BCUT2D eigenvalue weighted by Crippen LogP contribution is -2.41. The molecular weight excluding hydrogens is 310 g/mol. The molecule has 6 heteroatoms. The molecule has 1 amide bonds. The Kier molecular flexibility index (Phi) is 4.69. The summed E-state index contributed by atoms with van der Waals surface area (Å²) in [5, 5.41) is 20.9. The number of amides is 1. The van der Waals surface area contributed by atoms with Crippen molar-refractivity contribution in [1.29, 1.82) is 0 Å². The van der Waals surface area contributed by atoms with E-state index in [1.165, 1.54) is 24.3 Å². The van der Waals surface area contributed by atoms with Gasteiger partial charge in [-0.1, -0.05) is 24.3 Å². The molecule has 0 aliphatic heterocycles. The van der Waals surface area contributed by atoms with Gasteiger partial charge in [0.2, 0.25) is 0 Å². The van der Waals surface area contributed by atoms with Crippen LogP contribution in [-0.4, -0.2) is 28.1 Å². The molecule has 0 fully saturated rings. The highest BCUT2D eigenvalue weighted by Crippen LogP contribution is 2.22. The number of carbonyl (C=O) groups is 3. The number of hydrogen-bond donors (Lipinski definition) is 3. The summed E-state index contributed by atoms with van der Waals surface area (Å²) in [5.41, 5.74) is 0.0396. The molecule has 24 heavy (non-hydrogen) atoms. The predicted octanol–water partition coefficient (Wildman–Crippen LogP) is 2.75. The van der Waals surface area contributed by atoms with Gasteiger partial charge in [0.1, 0.15) is 0 Å². The van der Waals surface area contributed by atoms with Crippen LogP contribution in [0.5, 0.6) is 0 Å². The van der Waals surface area contributed by atoms with Gasteiger partial charge in [0.05, 0.1) is 22.2 Å². The summed E-state index contributed by atoms with van der Waals surface area (Å²) in [6, 6.07) is 12.1. The molecule has 3 N–H and O–H groups in total. The Hall–Kier alpha value is -3.15. The van der Waals surface area contributed by atoms with Gasteiger partial charge in [0.25, 0.3) is 5.91 Å². The monoisotopic (exact) mass is 327 g/mol. The molecule has 0 spiro atoms. The maximum atomic E-state index is 12.5. The Labute approximate surface area is 138 Å². The molecule has 0 bridgehead atoms. The smallest absolute Gasteiger partial charge is 0.336 e. The Balaban J connectivity index is 2.27. The quantitative estimate of drug-likeness (QED) is 0.783. The van der Waals surface area contributed by atoms with Crippen LogP contribution in [0.1, 0.15) is 50.5 Å². The number of carboxylic acid groups (broad SMARTS) is 2. The van der Waals surface area contributed by atoms with E-state index in [1.54, 1.807) is 38.1 Å². The number of benzene rings is 2. The van der Waals surface area contributed by atoms with Gasteiger partial charge in [-0.25, -0.2) is 9.59 Å². The number of hydrogen-bond acceptors (Lipinski definition) is 3. The number of rotatable bonds is 5. The first-order valence-corrected chi connectivity index (χ1v) is 7.21. The number of nitrogens with one attached hydrogen (secondary N) is 1. The molecule has 0 unspecified atom stereocenters. The molecule has 2 aromatic carbocycles. The van der Waals surface area contributed by atoms with Gasteiger partial charge < -0.3 is 15.5 Å². The van der Waals surface area contributed by atoms with E-state index >= 15 is 0 Å². The van der Waals surface area contributed by atoms with Crippen molar-refractivity contribution in [3.63, 3.8) is 0 Å². The molecule has 0 saturated carbocycles. The Bertz CT molecular complexity index is 793. The van der Waals surface area contributed by atoms with E-state index in [2.05, 4.69) is 5.32 Å². The van der Waals surface area contributed by atoms with Crippen LogP contribution in [0.25, 0.3) is 0 Å². The van der Waals surface area contributed by atoms with Crippen molar-refractivity contribution >= 4 is 17.8 Å². The van der Waals surface area contributed by atoms with Gasteiger partial charge in [0.15, 0.2) is 0 Å². The first kappa shape index (κ1) is 17.2. The van der Waals surface area contributed by atoms with Crippen molar-refractivity contribution < 1.29 is 24.6 Å². The van der Waals surface area contributed by atoms with Crippen molar-refractivity contribution in [2.75, 3.05) is 0 Å². The topological polar surface area (TPSA) is 104 Å². The highest BCUT2D eigenvalue weighted by molar-refractivity contribution is 6.05. The van der Waals surface area contributed by atoms with Crippen molar-refractivity contribution in [2.24, 2.45) is 0 Å². The molecule has 2 rings (SSSR count). The molecule has 0 aliphatic rings. The predicted molar refractivity (Wildman–Crippen MR) is 87.3 cm³/mol. The van der Waals surface area contributed by atoms with Gasteiger partial charge in [-0.15, -0.1) is 0 Å². The molecule has 6 nitrogen and oxygen atoms in total. The third-order valence-corrected chi connectivity index (χ3v) is 3.68. The Morgan fingerprint density at radius 3 is 1.88 bits per heavy atom. The Morgan fingerprint density at radius 1 is 0.833 bits per heavy atom. The lowest BCUT2D eigenvalue weighted by molar-refractivity contribution is 0.0683. The Morgan fingerprint density at radius 2 is 1.38 bits per heavy atom. The van der Waals surface area contributed by atoms with Gasteiger partial charge >= 0.3 is 11.9 Å². The van der Waals surface area contributed by atoms with Crippen LogP contribution in [-0.2, 0) is 5.54 Å². The molecule has 0 aliphatic carbocycles. The highest BCUT2D eigenvalue weighted by atomic mass is 16.4. The molecule has 0 atom stereocenters. The maximum Gasteiger partial charge on any atom is 0.336 e. The van der Waals surface area contributed by atoms with Crippen LogP contribution in [0.15, 0.2) is 48.5 Å². The third kappa shape index (κ3) is 3.60. The average molecular weight is 327 g/mol. The summed E-state index contributed by atoms with van der Waals surface area (Å²) in [5.74, 6) is -2.72. The summed E-state index contributed by atoms with van der Waals surface area (Å²) in [4.78, 5) is 34.6. The van der Waals surface area contributed by atoms with Gasteiger partial charge in [-0.2, -0.15) is 0 Å². The second kappa shape index (κ2) is 6.54. The van der Waals surface area contributed by atoms with Gasteiger partial charge in [-0.3, -0.25) is 4.79 Å². The second-order valence-electron chi connectivity index (χ2n) is 5.81. The van der Waals surface area contributed by atoms with E-state index in [4.69, 9.17) is 5.11 Å². The van der Waals surface area contributed by atoms with E-state index in [0.717, 1.165) is 0 Å². The molecule has 0 saturated heterocycles. The van der Waals surface area contributed by atoms with E-state index in [1.807, 2.05) is 0 Å². The van der Waals surface area contributed by atoms with Crippen molar-refractivity contribution in [3.05, 3.63) is 70.8 Å². The summed E-state index contributed by atoms with van der Waals surface area (Å²) in [6.45, 7) is 3.51. The second-order valence-corrected chi connectivity index (χ2v) is 5.81. The first-order chi connectivity index (χ1) is 11.2. The van der Waals surface area contributed by atoms with Gasteiger partial charge in [0, 0.05) is 0 Å². The lowest BCUT2D eigenvalue weighted by atomic mass is 9.92. The molecule has 0 aromatic heterocycles. The fourth-order valence-electron chi connectivity index (χ4n) is 2.32. The molecule has 0 radical (unpaired) electrons. The van der Waals surface area contributed by atoms with E-state index in [9.17, 15) is 19.5 Å². The minimum Gasteiger partial charge on any atom is -0.478 e. The minimum atomic E-state index is -1.18. The summed E-state index contributed by atoms with van der Waals surface area (Å²) < 4.78 is 0. The fraction of sp³-hybridized carbons (Fsp3) is 0.167. The number of carbonyl (C=O) groups excluding carboxylic acids is 1. The summed E-state index contributed by atoms with van der Waals surface area (Å²) in [7, 11) is 0. The highest BCUT2D eigenvalue weighted by Gasteiger charge is 2.25. The standard InChI is InChI=1S/C18H17NO5/c1-18(2,12-9-7-11(8-10-12)16(21)22)19-15(20)13-5-3-4-6-14(13)17(23)24/h3-10H,1-2H3,(H,19,20)(H,21,22)(H,23,24). The molecular formula is C18H17NO5. The molecule has 0 heterocycles. The fourth-order valence-corrected chi connectivity index (χ4v) is 2.32. The third-order valence-electron chi connectivity index (χ3n) is 3.68. The zero-order valence-electron chi connectivity index (χ0n) is 13.2. The average Bonchev–Trinajstić information content (AvgIpc) is 2.54. The lowest BCUT2D eigenvalue weighted by Gasteiger charge is -2.27. The van der Waals surface area contributed by atoms with Crippen LogP contribution in [0.3, 0.4) is 0 Å². The van der Waals surface area contributed by atoms with Crippen molar-refractivity contribution in [3.8, 4) is 0 Å². The minimum absolute atomic E-state index is 0.0697. The van der Waals surface area contributed by atoms with Crippen LogP contribution in [0, 0.1) is 0 Å². The van der Waals surface area contributed by atoms with Crippen molar-refractivity contribution in [2.45, 2.75) is 19.4 Å². The first-order valence-electron chi connectivity index (χ1n) is 7.21. The zero-order valence-corrected chi connectivity index (χ0v) is 13.2. The van der Waals surface area contributed by atoms with E-state index < -0.39 is 23.4 Å². The van der Waals surface area contributed by atoms with E-state index in [-0.39, 0.29) is 16.7 Å². The maximum absolute atomic E-state index is 12.5. The number of carboxylic acids is 2. The molecule has 2 aromatic rings. The zero-order chi connectivity index (χ0) is 17.9. The van der Waals surface area contributed by atoms with Crippen LogP contribution in [0.4, 0.5) is 0 Å². The van der Waals surface area contributed by atoms with Crippen LogP contribution in [0.2, 0.25) is 0 Å².